The maximum atomic E-state index is 12.1. The molecule has 110 valence electrons. The first-order valence-corrected chi connectivity index (χ1v) is 8.00. The molecule has 4 unspecified atom stereocenters. The fraction of sp³-hybridized carbons (Fsp3) is 0.588. The van der Waals surface area contributed by atoms with Crippen molar-refractivity contribution in [2.75, 3.05) is 0 Å². The van der Waals surface area contributed by atoms with Crippen molar-refractivity contribution < 1.29 is 9.53 Å². The number of hydrogen-bond acceptors (Lipinski definition) is 3. The number of thiol groups is 1. The standard InChI is InChI=1S/C17H24O2S/c1-12-8-9-15(10-13(12)2)19-17(18)16(20)11-14-6-4-3-5-7-14/h3-7,12-13,15-16,20H,8-11H2,1-2H3. The second-order valence-electron chi connectivity index (χ2n) is 6.03. The lowest BCUT2D eigenvalue weighted by Crippen LogP contribution is -2.32. The Hall–Kier alpha value is -0.960. The van der Waals surface area contributed by atoms with Crippen molar-refractivity contribution in [3.05, 3.63) is 35.9 Å². The first-order valence-electron chi connectivity index (χ1n) is 7.48. The third-order valence-electron chi connectivity index (χ3n) is 4.38. The van der Waals surface area contributed by atoms with Crippen LogP contribution in [0.5, 0.6) is 0 Å². The van der Waals surface area contributed by atoms with Crippen LogP contribution in [-0.2, 0) is 16.0 Å². The van der Waals surface area contributed by atoms with Gasteiger partial charge in [0.2, 0.25) is 0 Å². The van der Waals surface area contributed by atoms with Gasteiger partial charge < -0.3 is 4.74 Å². The Bertz CT molecular complexity index is 432. The van der Waals surface area contributed by atoms with Crippen molar-refractivity contribution >= 4 is 18.6 Å². The van der Waals surface area contributed by atoms with Crippen LogP contribution in [0.3, 0.4) is 0 Å². The van der Waals surface area contributed by atoms with Crippen molar-refractivity contribution in [1.29, 1.82) is 0 Å². The number of ether oxygens (including phenoxy) is 1. The average molecular weight is 292 g/mol. The van der Waals surface area contributed by atoms with Crippen LogP contribution in [-0.4, -0.2) is 17.3 Å². The number of rotatable bonds is 4. The van der Waals surface area contributed by atoms with Crippen molar-refractivity contribution in [3.63, 3.8) is 0 Å². The van der Waals surface area contributed by atoms with E-state index >= 15 is 0 Å². The van der Waals surface area contributed by atoms with Gasteiger partial charge in [-0.15, -0.1) is 0 Å². The van der Waals surface area contributed by atoms with E-state index in [1.54, 1.807) is 0 Å². The van der Waals surface area contributed by atoms with Crippen LogP contribution in [0.2, 0.25) is 0 Å². The molecule has 2 nitrogen and oxygen atoms in total. The molecule has 0 aromatic heterocycles. The molecule has 0 radical (unpaired) electrons. The Morgan fingerprint density at radius 1 is 1.25 bits per heavy atom. The fourth-order valence-corrected chi connectivity index (χ4v) is 3.04. The van der Waals surface area contributed by atoms with E-state index < -0.39 is 0 Å². The van der Waals surface area contributed by atoms with Gasteiger partial charge in [-0.3, -0.25) is 4.79 Å². The van der Waals surface area contributed by atoms with Gasteiger partial charge in [0.05, 0.1) is 0 Å². The molecule has 1 aromatic rings. The molecule has 1 saturated carbocycles. The summed E-state index contributed by atoms with van der Waals surface area (Å²) in [5.41, 5.74) is 1.12. The Balaban J connectivity index is 1.82. The van der Waals surface area contributed by atoms with Crippen LogP contribution in [0.1, 0.15) is 38.7 Å². The molecule has 3 heteroatoms. The normalized spacial score (nSPS) is 27.9. The molecule has 1 aliphatic carbocycles. The molecular weight excluding hydrogens is 268 g/mol. The Morgan fingerprint density at radius 2 is 1.95 bits per heavy atom. The van der Waals surface area contributed by atoms with E-state index in [1.165, 1.54) is 0 Å². The van der Waals surface area contributed by atoms with Gasteiger partial charge in [-0.25, -0.2) is 0 Å². The van der Waals surface area contributed by atoms with Gasteiger partial charge in [-0.1, -0.05) is 44.2 Å². The second-order valence-corrected chi connectivity index (χ2v) is 6.66. The van der Waals surface area contributed by atoms with Crippen LogP contribution >= 0.6 is 12.6 Å². The number of carbonyl (C=O) groups is 1. The smallest absolute Gasteiger partial charge is 0.319 e. The molecule has 0 bridgehead atoms. The van der Waals surface area contributed by atoms with Gasteiger partial charge in [0.15, 0.2) is 0 Å². The monoisotopic (exact) mass is 292 g/mol. The summed E-state index contributed by atoms with van der Waals surface area (Å²) < 4.78 is 5.63. The van der Waals surface area contributed by atoms with Crippen LogP contribution in [0, 0.1) is 11.8 Å². The molecule has 4 atom stereocenters. The first-order chi connectivity index (χ1) is 9.56. The van der Waals surface area contributed by atoms with E-state index in [4.69, 9.17) is 4.74 Å². The van der Waals surface area contributed by atoms with E-state index in [0.717, 1.165) is 30.7 Å². The number of benzene rings is 1. The quantitative estimate of drug-likeness (QED) is 0.673. The molecule has 0 heterocycles. The van der Waals surface area contributed by atoms with E-state index in [-0.39, 0.29) is 17.3 Å². The highest BCUT2D eigenvalue weighted by atomic mass is 32.1. The molecule has 1 aromatic carbocycles. The molecule has 0 saturated heterocycles. The first kappa shape index (κ1) is 15.4. The molecule has 0 aliphatic heterocycles. The summed E-state index contributed by atoms with van der Waals surface area (Å²) in [5.74, 6) is 1.19. The predicted octanol–water partition coefficient (Wildman–Crippen LogP) is 3.90. The highest BCUT2D eigenvalue weighted by Crippen LogP contribution is 2.31. The summed E-state index contributed by atoms with van der Waals surface area (Å²) in [7, 11) is 0. The van der Waals surface area contributed by atoms with Gasteiger partial charge in [0.25, 0.3) is 0 Å². The minimum absolute atomic E-state index is 0.0825. The number of hydrogen-bond donors (Lipinski definition) is 1. The predicted molar refractivity (Wildman–Crippen MR) is 85.0 cm³/mol. The number of carbonyl (C=O) groups excluding carboxylic acids is 1. The third kappa shape index (κ3) is 4.27. The summed E-state index contributed by atoms with van der Waals surface area (Å²) in [5, 5.41) is -0.368. The van der Waals surface area contributed by atoms with E-state index in [2.05, 4.69) is 26.5 Å². The molecule has 0 spiro atoms. The van der Waals surface area contributed by atoms with Crippen molar-refractivity contribution in [2.45, 2.75) is 50.9 Å². The maximum absolute atomic E-state index is 12.1. The van der Waals surface area contributed by atoms with Crippen molar-refractivity contribution in [1.82, 2.24) is 0 Å². The molecule has 1 fully saturated rings. The van der Waals surface area contributed by atoms with Crippen LogP contribution in [0.15, 0.2) is 30.3 Å². The maximum Gasteiger partial charge on any atom is 0.319 e. The third-order valence-corrected chi connectivity index (χ3v) is 4.77. The van der Waals surface area contributed by atoms with Crippen molar-refractivity contribution in [3.8, 4) is 0 Å². The Morgan fingerprint density at radius 3 is 2.60 bits per heavy atom. The van der Waals surface area contributed by atoms with E-state index in [9.17, 15) is 4.79 Å². The Kier molecular flexibility index (Phi) is 5.53. The summed E-state index contributed by atoms with van der Waals surface area (Å²) >= 11 is 4.40. The van der Waals surface area contributed by atoms with Crippen molar-refractivity contribution in [2.24, 2.45) is 11.8 Å². The molecular formula is C17H24O2S. The largest absolute Gasteiger partial charge is 0.462 e. The van der Waals surface area contributed by atoms with Gasteiger partial charge in [0, 0.05) is 0 Å². The molecule has 0 N–H and O–H groups in total. The lowest BCUT2D eigenvalue weighted by molar-refractivity contribution is -0.151. The molecule has 1 aliphatic rings. The topological polar surface area (TPSA) is 26.3 Å². The summed E-state index contributed by atoms with van der Waals surface area (Å²) in [6, 6.07) is 9.96. The van der Waals surface area contributed by atoms with Gasteiger partial charge in [0.1, 0.15) is 11.4 Å². The molecule has 0 amide bonds. The lowest BCUT2D eigenvalue weighted by Gasteiger charge is -2.32. The zero-order valence-electron chi connectivity index (χ0n) is 12.3. The zero-order chi connectivity index (χ0) is 14.5. The Labute approximate surface area is 127 Å². The average Bonchev–Trinajstić information content (AvgIpc) is 2.44. The molecule has 20 heavy (non-hydrogen) atoms. The molecule has 2 rings (SSSR count). The lowest BCUT2D eigenvalue weighted by atomic mass is 9.80. The highest BCUT2D eigenvalue weighted by molar-refractivity contribution is 7.81. The van der Waals surface area contributed by atoms with Gasteiger partial charge in [-0.05, 0) is 43.1 Å². The van der Waals surface area contributed by atoms with Crippen LogP contribution in [0.4, 0.5) is 0 Å². The minimum atomic E-state index is -0.368. The zero-order valence-corrected chi connectivity index (χ0v) is 13.2. The second kappa shape index (κ2) is 7.16. The van der Waals surface area contributed by atoms with Crippen LogP contribution in [0.25, 0.3) is 0 Å². The summed E-state index contributed by atoms with van der Waals surface area (Å²) in [6.45, 7) is 4.52. The summed E-state index contributed by atoms with van der Waals surface area (Å²) in [4.78, 5) is 12.1. The van der Waals surface area contributed by atoms with E-state index in [0.29, 0.717) is 12.3 Å². The van der Waals surface area contributed by atoms with Gasteiger partial charge in [-0.2, -0.15) is 12.6 Å². The minimum Gasteiger partial charge on any atom is -0.462 e. The highest BCUT2D eigenvalue weighted by Gasteiger charge is 2.28. The fourth-order valence-electron chi connectivity index (χ4n) is 2.77. The van der Waals surface area contributed by atoms with Gasteiger partial charge >= 0.3 is 5.97 Å². The summed E-state index contributed by atoms with van der Waals surface area (Å²) in [6.07, 6.45) is 3.83. The number of esters is 1. The SMILES string of the molecule is CC1CCC(OC(=O)C(S)Cc2ccccc2)CC1C. The van der Waals surface area contributed by atoms with E-state index in [1.807, 2.05) is 30.3 Å². The van der Waals surface area contributed by atoms with Crippen LogP contribution < -0.4 is 0 Å².